The topological polar surface area (TPSA) is 92.7 Å². The van der Waals surface area contributed by atoms with Gasteiger partial charge in [-0.1, -0.05) is 16.5 Å². The first-order valence-electron chi connectivity index (χ1n) is 4.06. The molecule has 94 valence electrons. The van der Waals surface area contributed by atoms with Crippen molar-refractivity contribution in [3.8, 4) is 0 Å². The van der Waals surface area contributed by atoms with Gasteiger partial charge in [-0.05, 0) is 28.1 Å². The van der Waals surface area contributed by atoms with Gasteiger partial charge >= 0.3 is 5.97 Å². The highest BCUT2D eigenvalue weighted by atomic mass is 79.9. The Morgan fingerprint density at radius 1 is 1.53 bits per heavy atom. The quantitative estimate of drug-likeness (QED) is 0.810. The van der Waals surface area contributed by atoms with Crippen molar-refractivity contribution < 1.29 is 23.2 Å². The molecule has 0 saturated carbocycles. The average molecular weight is 345 g/mol. The minimum absolute atomic E-state index is 0.0751. The molecule has 0 radical (unpaired) electrons. The predicted octanol–water partition coefficient (Wildman–Crippen LogP) is 1.64. The van der Waals surface area contributed by atoms with E-state index in [9.17, 15) is 13.2 Å². The summed E-state index contributed by atoms with van der Waals surface area (Å²) in [7, 11) is -2.80. The molecule has 2 N–H and O–H groups in total. The summed E-state index contributed by atoms with van der Waals surface area (Å²) in [4.78, 5) is 16.7. The number of hydrogen-bond acceptors (Lipinski definition) is 4. The monoisotopic (exact) mass is 343 g/mol. The zero-order chi connectivity index (χ0) is 13.2. The molecule has 0 atom stereocenters. The van der Waals surface area contributed by atoms with Crippen molar-refractivity contribution >= 4 is 43.5 Å². The van der Waals surface area contributed by atoms with Crippen LogP contribution in [0.3, 0.4) is 0 Å². The summed E-state index contributed by atoms with van der Waals surface area (Å²) in [5.41, 5.74) is -0.322. The largest absolute Gasteiger partial charge is 0.478 e. The van der Waals surface area contributed by atoms with Crippen LogP contribution in [0.25, 0.3) is 0 Å². The SMILES string of the molecule is CONS(=O)(=O)c1cc(Br)c(Cl)c(C(=O)O)c1. The maximum atomic E-state index is 11.6. The van der Waals surface area contributed by atoms with E-state index in [1.54, 1.807) is 4.89 Å². The van der Waals surface area contributed by atoms with Crippen molar-refractivity contribution in [1.82, 2.24) is 4.89 Å². The standard InChI is InChI=1S/C8H7BrClNO5S/c1-16-11-17(14,15)4-2-5(8(12)13)7(10)6(9)3-4/h2-3,11H,1H3,(H,12,13). The molecule has 1 rings (SSSR count). The van der Waals surface area contributed by atoms with Crippen LogP contribution in [0.2, 0.25) is 5.02 Å². The van der Waals surface area contributed by atoms with Gasteiger partial charge in [0.2, 0.25) is 0 Å². The number of rotatable bonds is 4. The molecular formula is C8H7BrClNO5S. The van der Waals surface area contributed by atoms with Gasteiger partial charge in [0.05, 0.1) is 22.6 Å². The van der Waals surface area contributed by atoms with Gasteiger partial charge in [0.1, 0.15) is 0 Å². The Bertz CT molecular complexity index is 559. The molecular weight excluding hydrogens is 338 g/mol. The lowest BCUT2D eigenvalue weighted by Gasteiger charge is -2.08. The van der Waals surface area contributed by atoms with Gasteiger partial charge in [-0.15, -0.1) is 0 Å². The third-order valence-corrected chi connectivity index (χ3v) is 4.24. The van der Waals surface area contributed by atoms with Gasteiger partial charge < -0.3 is 5.11 Å². The van der Waals surface area contributed by atoms with Gasteiger partial charge in [-0.2, -0.15) is 0 Å². The van der Waals surface area contributed by atoms with E-state index in [0.717, 1.165) is 13.2 Å². The zero-order valence-corrected chi connectivity index (χ0v) is 11.6. The van der Waals surface area contributed by atoms with Gasteiger partial charge in [-0.25, -0.2) is 13.2 Å². The lowest BCUT2D eigenvalue weighted by atomic mass is 10.2. The summed E-state index contributed by atoms with van der Waals surface area (Å²) in [5, 5.41) is 8.78. The Hall–Kier alpha value is -0.670. The Morgan fingerprint density at radius 3 is 2.59 bits per heavy atom. The summed E-state index contributed by atoms with van der Waals surface area (Å²) >= 11 is 8.69. The third-order valence-electron chi connectivity index (χ3n) is 1.74. The number of sulfonamides is 1. The predicted molar refractivity (Wildman–Crippen MR) is 63.4 cm³/mol. The number of carboxylic acid groups (broad SMARTS) is 1. The second-order valence-corrected chi connectivity index (χ2v) is 5.74. The Morgan fingerprint density at radius 2 is 2.12 bits per heavy atom. The van der Waals surface area contributed by atoms with Crippen LogP contribution in [0.15, 0.2) is 21.5 Å². The molecule has 0 fully saturated rings. The molecule has 0 aliphatic rings. The highest BCUT2D eigenvalue weighted by Crippen LogP contribution is 2.29. The third kappa shape index (κ3) is 3.17. The van der Waals surface area contributed by atoms with Crippen LogP contribution in [-0.4, -0.2) is 26.6 Å². The minimum Gasteiger partial charge on any atom is -0.478 e. The smallest absolute Gasteiger partial charge is 0.337 e. The van der Waals surface area contributed by atoms with E-state index in [1.807, 2.05) is 0 Å². The van der Waals surface area contributed by atoms with Gasteiger partial charge in [-0.3, -0.25) is 4.84 Å². The number of aromatic carboxylic acids is 1. The second-order valence-electron chi connectivity index (χ2n) is 2.86. The van der Waals surface area contributed by atoms with E-state index in [4.69, 9.17) is 16.7 Å². The van der Waals surface area contributed by atoms with E-state index < -0.39 is 16.0 Å². The number of hydrogen-bond donors (Lipinski definition) is 2. The number of benzene rings is 1. The van der Waals surface area contributed by atoms with E-state index in [0.29, 0.717) is 0 Å². The fraction of sp³-hybridized carbons (Fsp3) is 0.125. The van der Waals surface area contributed by atoms with Crippen molar-refractivity contribution in [2.24, 2.45) is 0 Å². The van der Waals surface area contributed by atoms with E-state index >= 15 is 0 Å². The molecule has 0 aliphatic carbocycles. The summed E-state index contributed by atoms with van der Waals surface area (Å²) in [6, 6.07) is 2.12. The van der Waals surface area contributed by atoms with E-state index in [-0.39, 0.29) is 20.0 Å². The number of nitrogens with one attached hydrogen (secondary N) is 1. The number of halogens is 2. The minimum atomic E-state index is -3.93. The number of carbonyl (C=O) groups is 1. The Kier molecular flexibility index (Phi) is 4.50. The van der Waals surface area contributed by atoms with Crippen LogP contribution >= 0.6 is 27.5 Å². The summed E-state index contributed by atoms with van der Waals surface area (Å²) in [5.74, 6) is -1.33. The highest BCUT2D eigenvalue weighted by Gasteiger charge is 2.20. The molecule has 1 aromatic rings. The lowest BCUT2D eigenvalue weighted by molar-refractivity contribution is 0.0696. The number of carboxylic acids is 1. The maximum Gasteiger partial charge on any atom is 0.337 e. The summed E-state index contributed by atoms with van der Waals surface area (Å²) in [6.07, 6.45) is 0. The summed E-state index contributed by atoms with van der Waals surface area (Å²) in [6.45, 7) is 0. The average Bonchev–Trinajstić information content (AvgIpc) is 2.21. The van der Waals surface area contributed by atoms with Crippen LogP contribution in [0.5, 0.6) is 0 Å². The Labute approximate surface area is 111 Å². The van der Waals surface area contributed by atoms with Gasteiger partial charge in [0, 0.05) is 4.47 Å². The van der Waals surface area contributed by atoms with Crippen molar-refractivity contribution in [3.05, 3.63) is 27.2 Å². The zero-order valence-electron chi connectivity index (χ0n) is 8.40. The molecule has 9 heteroatoms. The molecule has 0 saturated heterocycles. The molecule has 0 aliphatic heterocycles. The molecule has 0 heterocycles. The normalized spacial score (nSPS) is 11.5. The van der Waals surface area contributed by atoms with E-state index in [2.05, 4.69) is 20.8 Å². The van der Waals surface area contributed by atoms with Crippen molar-refractivity contribution in [2.75, 3.05) is 7.11 Å². The van der Waals surface area contributed by atoms with Crippen molar-refractivity contribution in [2.45, 2.75) is 4.90 Å². The lowest BCUT2D eigenvalue weighted by Crippen LogP contribution is -2.22. The van der Waals surface area contributed by atoms with Crippen LogP contribution < -0.4 is 4.89 Å². The first kappa shape index (κ1) is 14.4. The molecule has 0 aromatic heterocycles. The van der Waals surface area contributed by atoms with Crippen LogP contribution in [0.1, 0.15) is 10.4 Å². The highest BCUT2D eigenvalue weighted by molar-refractivity contribution is 9.10. The fourth-order valence-corrected chi connectivity index (χ4v) is 2.70. The van der Waals surface area contributed by atoms with Crippen LogP contribution in [0.4, 0.5) is 0 Å². The van der Waals surface area contributed by atoms with E-state index in [1.165, 1.54) is 6.07 Å². The van der Waals surface area contributed by atoms with Crippen molar-refractivity contribution in [3.63, 3.8) is 0 Å². The molecule has 0 amide bonds. The van der Waals surface area contributed by atoms with Gasteiger partial charge in [0.15, 0.2) is 0 Å². The first-order valence-corrected chi connectivity index (χ1v) is 6.72. The van der Waals surface area contributed by atoms with Crippen molar-refractivity contribution in [1.29, 1.82) is 0 Å². The molecule has 6 nitrogen and oxygen atoms in total. The second kappa shape index (κ2) is 5.32. The van der Waals surface area contributed by atoms with Gasteiger partial charge in [0.25, 0.3) is 10.0 Å². The van der Waals surface area contributed by atoms with Crippen LogP contribution in [0, 0.1) is 0 Å². The maximum absolute atomic E-state index is 11.6. The molecule has 0 bridgehead atoms. The molecule has 0 unspecified atom stereocenters. The molecule has 0 spiro atoms. The molecule has 17 heavy (non-hydrogen) atoms. The first-order chi connectivity index (χ1) is 7.79. The Balaban J connectivity index is 3.44. The fourth-order valence-electron chi connectivity index (χ4n) is 1.03. The summed E-state index contributed by atoms with van der Waals surface area (Å²) < 4.78 is 23.3. The van der Waals surface area contributed by atoms with Crippen LogP contribution in [-0.2, 0) is 14.9 Å². The molecule has 1 aromatic carbocycles.